The average molecular weight is 455 g/mol. The van der Waals surface area contributed by atoms with Crippen LogP contribution >= 0.6 is 0 Å². The molecule has 2 aromatic carbocycles. The van der Waals surface area contributed by atoms with Gasteiger partial charge in [-0.15, -0.1) is 0 Å². The van der Waals surface area contributed by atoms with Crippen molar-refractivity contribution in [3.8, 4) is 17.6 Å². The Bertz CT molecular complexity index is 1100. The summed E-state index contributed by atoms with van der Waals surface area (Å²) in [7, 11) is -4.61. The maximum atomic E-state index is 13.4. The second-order valence-electron chi connectivity index (χ2n) is 6.83. The normalized spacial score (nSPS) is 11.9. The highest BCUT2D eigenvalue weighted by Gasteiger charge is 2.36. The molecule has 0 aromatic heterocycles. The lowest BCUT2D eigenvalue weighted by Crippen LogP contribution is -2.27. The Hall–Kier alpha value is -3.03. The van der Waals surface area contributed by atoms with Gasteiger partial charge in [0.1, 0.15) is 12.4 Å². The minimum Gasteiger partial charge on any atom is -0.748 e. The van der Waals surface area contributed by atoms with Gasteiger partial charge in [-0.25, -0.2) is 13.2 Å². The van der Waals surface area contributed by atoms with E-state index in [1.165, 1.54) is 13.8 Å². The van der Waals surface area contributed by atoms with Crippen LogP contribution in [-0.4, -0.2) is 36.9 Å². The van der Waals surface area contributed by atoms with Crippen molar-refractivity contribution in [2.75, 3.05) is 12.4 Å². The van der Waals surface area contributed by atoms with Crippen molar-refractivity contribution < 1.29 is 40.4 Å². The van der Waals surface area contributed by atoms with Crippen LogP contribution in [0.3, 0.4) is 0 Å². The Morgan fingerprint density at radius 1 is 1.10 bits per heavy atom. The van der Waals surface area contributed by atoms with E-state index < -0.39 is 51.5 Å². The highest BCUT2D eigenvalue weighted by Crippen LogP contribution is 2.38. The second kappa shape index (κ2) is 9.41. The van der Waals surface area contributed by atoms with Crippen LogP contribution in [-0.2, 0) is 21.0 Å². The number of carbonyl (C=O) groups is 1. The predicted octanol–water partition coefficient (Wildman–Crippen LogP) is 3.62. The maximum absolute atomic E-state index is 13.4. The molecule has 166 valence electrons. The number of carbonyl (C=O) groups excluding carboxylic acids is 1. The zero-order chi connectivity index (χ0) is 23.3. The number of halogens is 3. The third kappa shape index (κ3) is 7.96. The van der Waals surface area contributed by atoms with Crippen LogP contribution in [0.4, 0.5) is 13.2 Å². The van der Waals surface area contributed by atoms with E-state index in [1.807, 2.05) is 0 Å². The summed E-state index contributed by atoms with van der Waals surface area (Å²) in [6.45, 7) is 2.20. The lowest BCUT2D eigenvalue weighted by molar-refractivity contribution is -0.139. The van der Waals surface area contributed by atoms with E-state index >= 15 is 0 Å². The zero-order valence-electron chi connectivity index (χ0n) is 16.5. The third-order valence-corrected chi connectivity index (χ3v) is 4.40. The van der Waals surface area contributed by atoms with E-state index in [1.54, 1.807) is 30.3 Å². The SMILES string of the molecule is CC(C)(C#Cc1ccccc1)Oc1cc(C(=O)OCCS(=O)(=O)[O-])ccc1C(F)(F)F. The van der Waals surface area contributed by atoms with Gasteiger partial charge in [-0.2, -0.15) is 13.2 Å². The molecule has 2 rings (SSSR count). The van der Waals surface area contributed by atoms with Crippen molar-refractivity contribution >= 4 is 16.1 Å². The molecule has 0 unspecified atom stereocenters. The zero-order valence-corrected chi connectivity index (χ0v) is 17.3. The molecule has 10 heteroatoms. The third-order valence-electron chi connectivity index (χ3n) is 3.74. The van der Waals surface area contributed by atoms with Crippen molar-refractivity contribution in [3.05, 3.63) is 65.2 Å². The van der Waals surface area contributed by atoms with Crippen molar-refractivity contribution in [2.24, 2.45) is 0 Å². The summed E-state index contributed by atoms with van der Waals surface area (Å²) in [5.41, 5.74) is -2.14. The number of hydrogen-bond acceptors (Lipinski definition) is 6. The van der Waals surface area contributed by atoms with Gasteiger partial charge in [-0.3, -0.25) is 0 Å². The number of alkyl halides is 3. The summed E-state index contributed by atoms with van der Waals surface area (Å²) < 4.78 is 82.1. The molecule has 2 aromatic rings. The van der Waals surface area contributed by atoms with Crippen molar-refractivity contribution in [3.63, 3.8) is 0 Å². The van der Waals surface area contributed by atoms with E-state index in [4.69, 9.17) is 4.74 Å². The number of esters is 1. The molecule has 0 aliphatic rings. The van der Waals surface area contributed by atoms with Gasteiger partial charge in [0.2, 0.25) is 0 Å². The molecule has 31 heavy (non-hydrogen) atoms. The highest BCUT2D eigenvalue weighted by molar-refractivity contribution is 7.85. The lowest BCUT2D eigenvalue weighted by Gasteiger charge is -2.23. The van der Waals surface area contributed by atoms with E-state index in [0.717, 1.165) is 12.1 Å². The minimum atomic E-state index is -4.77. The van der Waals surface area contributed by atoms with E-state index in [0.29, 0.717) is 11.6 Å². The summed E-state index contributed by atoms with van der Waals surface area (Å²) >= 11 is 0. The molecule has 0 radical (unpaired) electrons. The van der Waals surface area contributed by atoms with Crippen LogP contribution in [0, 0.1) is 11.8 Å². The summed E-state index contributed by atoms with van der Waals surface area (Å²) in [5.74, 6) is 2.85. The fraction of sp³-hybridized carbons (Fsp3) is 0.286. The molecule has 0 spiro atoms. The number of rotatable bonds is 6. The quantitative estimate of drug-likeness (QED) is 0.375. The summed E-state index contributed by atoms with van der Waals surface area (Å²) in [6.07, 6.45) is -4.77. The lowest BCUT2D eigenvalue weighted by atomic mass is 10.1. The molecule has 0 N–H and O–H groups in total. The highest BCUT2D eigenvalue weighted by atomic mass is 32.2. The molecule has 0 saturated carbocycles. The summed E-state index contributed by atoms with van der Waals surface area (Å²) in [6, 6.07) is 11.1. The topological polar surface area (TPSA) is 92.7 Å². The van der Waals surface area contributed by atoms with Gasteiger partial charge in [0.25, 0.3) is 0 Å². The molecule has 0 saturated heterocycles. The smallest absolute Gasteiger partial charge is 0.419 e. The molecular weight excluding hydrogens is 437 g/mol. The average Bonchev–Trinajstić information content (AvgIpc) is 2.65. The Morgan fingerprint density at radius 2 is 1.74 bits per heavy atom. The van der Waals surface area contributed by atoms with Crippen LogP contribution in [0.15, 0.2) is 48.5 Å². The van der Waals surface area contributed by atoms with Crippen LogP contribution in [0.5, 0.6) is 5.75 Å². The number of ether oxygens (including phenoxy) is 2. The van der Waals surface area contributed by atoms with E-state index in [2.05, 4.69) is 16.6 Å². The molecule has 0 bridgehead atoms. The standard InChI is InChI=1S/C21H19F3O6S/c1-20(2,11-10-15-6-4-3-5-7-15)30-18-14-16(8-9-17(18)21(22,23)24)19(25)29-12-13-31(26,27)28/h3-9,14H,12-13H2,1-2H3,(H,26,27,28)/p-1. The first-order valence-corrected chi connectivity index (χ1v) is 10.4. The molecular formula is C21H18F3O6S-. The van der Waals surface area contributed by atoms with Crippen molar-refractivity contribution in [1.82, 2.24) is 0 Å². The van der Waals surface area contributed by atoms with Gasteiger partial charge in [-0.1, -0.05) is 30.0 Å². The Balaban J connectivity index is 2.30. The molecule has 0 heterocycles. The monoisotopic (exact) mass is 455 g/mol. The molecule has 0 aliphatic heterocycles. The molecule has 0 aliphatic carbocycles. The Morgan fingerprint density at radius 3 is 2.32 bits per heavy atom. The molecule has 0 fully saturated rings. The van der Waals surface area contributed by atoms with Crippen LogP contribution < -0.4 is 4.74 Å². The van der Waals surface area contributed by atoms with Gasteiger partial charge >= 0.3 is 12.1 Å². The Kier molecular flexibility index (Phi) is 7.36. The van der Waals surface area contributed by atoms with Crippen molar-refractivity contribution in [2.45, 2.75) is 25.6 Å². The van der Waals surface area contributed by atoms with Crippen molar-refractivity contribution in [1.29, 1.82) is 0 Å². The maximum Gasteiger partial charge on any atom is 0.419 e. The van der Waals surface area contributed by atoms with E-state index in [-0.39, 0.29) is 5.56 Å². The number of hydrogen-bond donors (Lipinski definition) is 0. The first-order chi connectivity index (χ1) is 14.3. The Labute approximate surface area is 177 Å². The van der Waals surface area contributed by atoms with Crippen LogP contribution in [0.25, 0.3) is 0 Å². The van der Waals surface area contributed by atoms with Gasteiger partial charge in [0, 0.05) is 5.56 Å². The predicted molar refractivity (Wildman–Crippen MR) is 104 cm³/mol. The fourth-order valence-electron chi connectivity index (χ4n) is 2.33. The van der Waals surface area contributed by atoms with Gasteiger partial charge < -0.3 is 14.0 Å². The molecule has 6 nitrogen and oxygen atoms in total. The second-order valence-corrected chi connectivity index (χ2v) is 8.36. The van der Waals surface area contributed by atoms with Gasteiger partial charge in [0.05, 0.1) is 27.0 Å². The van der Waals surface area contributed by atoms with E-state index in [9.17, 15) is 30.9 Å². The largest absolute Gasteiger partial charge is 0.748 e. The summed E-state index contributed by atoms with van der Waals surface area (Å²) in [5, 5.41) is 0. The molecule has 0 atom stereocenters. The first-order valence-electron chi connectivity index (χ1n) is 8.86. The van der Waals surface area contributed by atoms with Gasteiger partial charge in [0.15, 0.2) is 5.60 Å². The van der Waals surface area contributed by atoms with Gasteiger partial charge in [-0.05, 0) is 44.2 Å². The summed E-state index contributed by atoms with van der Waals surface area (Å²) in [4.78, 5) is 12.0. The van der Waals surface area contributed by atoms with Crippen LogP contribution in [0.1, 0.15) is 35.3 Å². The molecule has 0 amide bonds. The van der Waals surface area contributed by atoms with Crippen LogP contribution in [0.2, 0.25) is 0 Å². The first kappa shape index (κ1) is 24.2. The fourth-order valence-corrected chi connectivity index (χ4v) is 2.62. The minimum absolute atomic E-state index is 0.307. The number of benzene rings is 2.